The van der Waals surface area contributed by atoms with Gasteiger partial charge in [-0.2, -0.15) is 10.5 Å². The maximum absolute atomic E-state index is 13.8. The van der Waals surface area contributed by atoms with Gasteiger partial charge in [-0.1, -0.05) is 26.5 Å². The van der Waals surface area contributed by atoms with E-state index in [1.54, 1.807) is 9.80 Å². The van der Waals surface area contributed by atoms with Crippen LogP contribution < -0.4 is 14.2 Å². The van der Waals surface area contributed by atoms with Crippen molar-refractivity contribution in [3.63, 3.8) is 0 Å². The van der Waals surface area contributed by atoms with E-state index in [4.69, 9.17) is 36.3 Å². The number of amides is 2. The first-order valence-electron chi connectivity index (χ1n) is 20.3. The number of aromatic nitrogens is 4. The van der Waals surface area contributed by atoms with E-state index in [0.717, 1.165) is 74.9 Å². The van der Waals surface area contributed by atoms with E-state index in [2.05, 4.69) is 19.9 Å². The molecule has 0 radical (unpaired) electrons. The first-order chi connectivity index (χ1) is 30.2. The summed E-state index contributed by atoms with van der Waals surface area (Å²) in [6.45, 7) is 2.51. The summed E-state index contributed by atoms with van der Waals surface area (Å²) in [7, 11) is 0. The van der Waals surface area contributed by atoms with E-state index in [1.165, 1.54) is 24.8 Å². The molecule has 4 bridgehead atoms. The van der Waals surface area contributed by atoms with E-state index < -0.39 is 23.3 Å². The molecule has 4 aromatic rings. The molecule has 6 aliphatic carbocycles. The van der Waals surface area contributed by atoms with Gasteiger partial charge in [0.05, 0.1) is 30.5 Å². The van der Waals surface area contributed by atoms with E-state index in [0.29, 0.717) is 56.7 Å². The summed E-state index contributed by atoms with van der Waals surface area (Å²) in [4.78, 5) is 44.2. The predicted octanol–water partition coefficient (Wildman–Crippen LogP) is 7.24. The quantitative estimate of drug-likeness (QED) is 0.124. The molecule has 2 atom stereocenters. The number of nitriles is 2. The molecule has 0 spiro atoms. The maximum atomic E-state index is 13.8. The third-order valence-electron chi connectivity index (χ3n) is 12.8. The standard InChI is InChI=1S/C22H20F2N4O3.C17H19F2NO3.C5H2ClN3.2CH4/c23-14-1-2-17(24)18(5-14)31-16-3-4-28(8-16)20(29)22-9-21(10-22,11-22)12-30-19-6-15(7-25)26-13-27-19;18-11-1-2-13(19)14(5-11)23-12-3-4-20(6-12)15(22)17-7-16(8-17,9-17)10-21;6-5-1-4(2-7)8-3-9-5;;/h1-2,5-6,13,16H,3-4,8-12H2;1-2,5,12,21H,3-4,6-10H2;1,3H;2*1H4/t16-,21?,22?;12-,16?,17?;;;/m11.../s1. The van der Waals surface area contributed by atoms with Gasteiger partial charge in [0.25, 0.3) is 0 Å². The minimum Gasteiger partial charge on any atom is -0.485 e. The van der Waals surface area contributed by atoms with Gasteiger partial charge in [0.15, 0.2) is 23.1 Å². The maximum Gasteiger partial charge on any atom is 0.228 e. The normalized spacial score (nSPS) is 27.0. The monoisotopic (exact) mass is 920 g/mol. The van der Waals surface area contributed by atoms with Crippen LogP contribution in [0.15, 0.2) is 61.2 Å². The average molecular weight is 921 g/mol. The van der Waals surface area contributed by atoms with E-state index in [1.807, 2.05) is 12.1 Å². The molecule has 2 aliphatic heterocycles. The number of carbonyl (C=O) groups excluding carboxylic acids is 2. The highest BCUT2D eigenvalue weighted by Gasteiger charge is 2.73. The number of aliphatic hydroxyl groups is 1. The fourth-order valence-corrected chi connectivity index (χ4v) is 10.2. The molecule has 2 saturated heterocycles. The molecule has 2 aromatic heterocycles. The fraction of sp³-hybridized carbons (Fsp3) is 0.478. The zero-order valence-corrected chi connectivity index (χ0v) is 34.5. The second-order valence-electron chi connectivity index (χ2n) is 17.5. The second-order valence-corrected chi connectivity index (χ2v) is 17.9. The Morgan fingerprint density at radius 2 is 1.17 bits per heavy atom. The lowest BCUT2D eigenvalue weighted by atomic mass is 9.35. The summed E-state index contributed by atoms with van der Waals surface area (Å²) >= 11 is 5.42. The summed E-state index contributed by atoms with van der Waals surface area (Å²) < 4.78 is 70.8. The van der Waals surface area contributed by atoms with Crippen molar-refractivity contribution in [2.75, 3.05) is 39.4 Å². The summed E-state index contributed by atoms with van der Waals surface area (Å²) in [5.41, 5.74) is -0.106. The molecule has 14 nitrogen and oxygen atoms in total. The number of halogens is 5. The number of aliphatic hydroxyl groups excluding tert-OH is 1. The molecule has 4 heterocycles. The van der Waals surface area contributed by atoms with Crippen molar-refractivity contribution in [2.24, 2.45) is 21.7 Å². The van der Waals surface area contributed by atoms with E-state index in [-0.39, 0.29) is 90.0 Å². The van der Waals surface area contributed by atoms with Crippen molar-refractivity contribution in [1.82, 2.24) is 29.7 Å². The zero-order chi connectivity index (χ0) is 44.6. The molecule has 6 saturated carbocycles. The van der Waals surface area contributed by atoms with Gasteiger partial charge in [-0.05, 0) is 68.2 Å². The van der Waals surface area contributed by atoms with Gasteiger partial charge in [-0.25, -0.2) is 37.5 Å². The van der Waals surface area contributed by atoms with Crippen LogP contribution in [-0.2, 0) is 9.59 Å². The smallest absolute Gasteiger partial charge is 0.228 e. The number of benzene rings is 2. The Labute approximate surface area is 379 Å². The summed E-state index contributed by atoms with van der Waals surface area (Å²) in [5, 5.41) is 26.7. The van der Waals surface area contributed by atoms with Crippen LogP contribution in [-0.4, -0.2) is 98.3 Å². The Morgan fingerprint density at radius 1 is 0.708 bits per heavy atom. The van der Waals surface area contributed by atoms with Gasteiger partial charge >= 0.3 is 0 Å². The van der Waals surface area contributed by atoms with Crippen molar-refractivity contribution in [3.8, 4) is 29.5 Å². The largest absolute Gasteiger partial charge is 0.485 e. The van der Waals surface area contributed by atoms with Crippen LogP contribution in [0.25, 0.3) is 0 Å². The van der Waals surface area contributed by atoms with Crippen LogP contribution in [0.5, 0.6) is 17.4 Å². The van der Waals surface area contributed by atoms with Crippen LogP contribution in [0.2, 0.25) is 5.15 Å². The molecular formula is C46H49ClF4N8O6. The lowest BCUT2D eigenvalue weighted by Crippen LogP contribution is -2.69. The van der Waals surface area contributed by atoms with Gasteiger partial charge < -0.3 is 29.1 Å². The van der Waals surface area contributed by atoms with Gasteiger partial charge in [0.2, 0.25) is 17.7 Å². The van der Waals surface area contributed by atoms with Crippen molar-refractivity contribution < 1.29 is 46.5 Å². The molecule has 12 rings (SSSR count). The van der Waals surface area contributed by atoms with Gasteiger partial charge in [-0.15, -0.1) is 0 Å². The Kier molecular flexibility index (Phi) is 14.3. The van der Waals surface area contributed by atoms with Gasteiger partial charge in [0, 0.05) is 62.2 Å². The molecule has 2 amide bonds. The highest BCUT2D eigenvalue weighted by Crippen LogP contribution is 2.74. The van der Waals surface area contributed by atoms with Crippen LogP contribution in [0, 0.1) is 67.6 Å². The predicted molar refractivity (Wildman–Crippen MR) is 226 cm³/mol. The number of nitrogens with zero attached hydrogens (tertiary/aromatic N) is 8. The Morgan fingerprint density at radius 3 is 1.62 bits per heavy atom. The van der Waals surface area contributed by atoms with Gasteiger partial charge in [-0.3, -0.25) is 9.59 Å². The summed E-state index contributed by atoms with van der Waals surface area (Å²) in [5.74, 6) is -1.95. The highest BCUT2D eigenvalue weighted by atomic mass is 35.5. The van der Waals surface area contributed by atoms with Crippen LogP contribution in [0.4, 0.5) is 17.6 Å². The van der Waals surface area contributed by atoms with Crippen molar-refractivity contribution in [1.29, 1.82) is 10.5 Å². The number of hydrogen-bond acceptors (Lipinski definition) is 12. The molecule has 2 aromatic carbocycles. The Balaban J connectivity index is 0.000000181. The minimum absolute atomic E-state index is 0. The van der Waals surface area contributed by atoms with Crippen molar-refractivity contribution in [3.05, 3.63) is 101 Å². The van der Waals surface area contributed by atoms with Gasteiger partial charge in [0.1, 0.15) is 65.2 Å². The molecule has 344 valence electrons. The second kappa shape index (κ2) is 19.2. The number of ether oxygens (including phenoxy) is 3. The molecule has 65 heavy (non-hydrogen) atoms. The Hall–Kier alpha value is -6.11. The fourth-order valence-electron chi connectivity index (χ4n) is 10.1. The van der Waals surface area contributed by atoms with Crippen molar-refractivity contribution in [2.45, 2.75) is 78.4 Å². The number of hydrogen-bond donors (Lipinski definition) is 1. The molecular weight excluding hydrogens is 872 g/mol. The SMILES string of the molecule is C.C.N#Cc1cc(Cl)ncn1.N#Cc1cc(OCC23CC(C(=O)N4CC[C@@H](Oc5cc(F)ccc5F)C4)(C2)C3)ncn1.O=C(N1CC[C@@H](Oc2cc(F)ccc2F)C1)C12CC(CO)(C1)C2. The van der Waals surface area contributed by atoms with Crippen LogP contribution >= 0.6 is 11.6 Å². The van der Waals surface area contributed by atoms with Crippen LogP contribution in [0.1, 0.15) is 77.6 Å². The zero-order valence-electron chi connectivity index (χ0n) is 33.8. The van der Waals surface area contributed by atoms with Crippen molar-refractivity contribution >= 4 is 23.4 Å². The lowest BCUT2D eigenvalue weighted by Gasteiger charge is -2.69. The first kappa shape index (κ1) is 48.3. The van der Waals surface area contributed by atoms with Crippen LogP contribution in [0.3, 0.4) is 0 Å². The summed E-state index contributed by atoms with van der Waals surface area (Å²) in [6.07, 6.45) is 7.68. The first-order valence-corrected chi connectivity index (χ1v) is 20.7. The molecule has 1 N–H and O–H groups in total. The third-order valence-corrected chi connectivity index (χ3v) is 13.0. The average Bonchev–Trinajstić information content (AvgIpc) is 3.89. The molecule has 8 aliphatic rings. The Bertz CT molecular complexity index is 2470. The third kappa shape index (κ3) is 9.94. The molecule has 0 unspecified atom stereocenters. The molecule has 8 fully saturated rings. The highest BCUT2D eigenvalue weighted by molar-refractivity contribution is 6.29. The van der Waals surface area contributed by atoms with E-state index >= 15 is 0 Å². The number of likely N-dealkylation sites (tertiary alicyclic amines) is 2. The van der Waals surface area contributed by atoms with E-state index in [9.17, 15) is 32.3 Å². The minimum atomic E-state index is -0.613. The number of carbonyl (C=O) groups is 2. The topological polar surface area (TPSA) is 188 Å². The molecule has 19 heteroatoms. The summed E-state index contributed by atoms with van der Waals surface area (Å²) in [6, 6.07) is 12.9. The number of rotatable bonds is 10. The lowest BCUT2D eigenvalue weighted by molar-refractivity contribution is -0.227.